The van der Waals surface area contributed by atoms with Crippen LogP contribution in [0.15, 0.2) is 18.2 Å². The first-order chi connectivity index (χ1) is 9.34. The number of fused-ring (bicyclic) bond motifs is 1. The minimum Gasteiger partial charge on any atom is -0.490 e. The van der Waals surface area contributed by atoms with Crippen molar-refractivity contribution in [2.45, 2.75) is 18.6 Å². The predicted molar refractivity (Wildman–Crippen MR) is 69.3 cm³/mol. The van der Waals surface area contributed by atoms with Gasteiger partial charge >= 0.3 is 0 Å². The van der Waals surface area contributed by atoms with Crippen LogP contribution >= 0.6 is 0 Å². The largest absolute Gasteiger partial charge is 0.490 e. The van der Waals surface area contributed by atoms with Crippen LogP contribution in [0.4, 0.5) is 0 Å². The molecule has 5 heteroatoms. The zero-order valence-electron chi connectivity index (χ0n) is 10.9. The number of rotatable bonds is 2. The van der Waals surface area contributed by atoms with E-state index in [1.807, 2.05) is 18.2 Å². The van der Waals surface area contributed by atoms with E-state index in [0.717, 1.165) is 29.9 Å². The molecule has 2 aliphatic rings. The second-order valence-corrected chi connectivity index (χ2v) is 4.72. The van der Waals surface area contributed by atoms with E-state index >= 15 is 0 Å². The topological polar surface area (TPSA) is 62.9 Å². The third-order valence-electron chi connectivity index (χ3n) is 3.42. The van der Waals surface area contributed by atoms with Crippen molar-refractivity contribution in [3.63, 3.8) is 0 Å². The van der Waals surface area contributed by atoms with Crippen molar-refractivity contribution in [2.75, 3.05) is 33.0 Å². The Labute approximate surface area is 112 Å². The monoisotopic (exact) mass is 265 g/mol. The Hall–Kier alpha value is -1.30. The molecule has 0 amide bonds. The Kier molecular flexibility index (Phi) is 3.59. The van der Waals surface area contributed by atoms with Crippen molar-refractivity contribution in [1.82, 2.24) is 0 Å². The van der Waals surface area contributed by atoms with Gasteiger partial charge in [-0.05, 0) is 24.6 Å². The fourth-order valence-electron chi connectivity index (χ4n) is 2.38. The molecule has 2 heterocycles. The van der Waals surface area contributed by atoms with E-state index in [0.29, 0.717) is 26.4 Å². The maximum Gasteiger partial charge on any atom is 0.207 e. The summed E-state index contributed by atoms with van der Waals surface area (Å²) in [4.78, 5) is 0. The highest BCUT2D eigenvalue weighted by Gasteiger charge is 2.36. The first-order valence-electron chi connectivity index (χ1n) is 6.72. The fourth-order valence-corrected chi connectivity index (χ4v) is 2.38. The number of nitrogens with two attached hydrogens (primary N) is 1. The average molecular weight is 265 g/mol. The standard InChI is InChI=1S/C14H19NO4/c15-10-14(18-7-2-8-19-14)11-3-4-12-13(9-11)17-6-1-5-16-12/h3-4,9H,1-2,5-8,10,15H2. The molecule has 0 spiro atoms. The fraction of sp³-hybridized carbons (Fsp3) is 0.571. The van der Waals surface area contributed by atoms with Gasteiger partial charge in [-0.2, -0.15) is 0 Å². The highest BCUT2D eigenvalue weighted by atomic mass is 16.7. The van der Waals surface area contributed by atoms with Gasteiger partial charge in [0.05, 0.1) is 33.0 Å². The van der Waals surface area contributed by atoms with E-state index < -0.39 is 5.79 Å². The lowest BCUT2D eigenvalue weighted by atomic mass is 10.0. The lowest BCUT2D eigenvalue weighted by Gasteiger charge is -2.36. The summed E-state index contributed by atoms with van der Waals surface area (Å²) in [6.07, 6.45) is 1.78. The van der Waals surface area contributed by atoms with Gasteiger partial charge in [-0.15, -0.1) is 0 Å². The predicted octanol–water partition coefficient (Wildman–Crippen LogP) is 1.40. The normalized spacial score (nSPS) is 21.7. The van der Waals surface area contributed by atoms with Gasteiger partial charge in [0.25, 0.3) is 0 Å². The molecule has 1 saturated heterocycles. The molecule has 0 aliphatic carbocycles. The molecule has 1 fully saturated rings. The molecule has 5 nitrogen and oxygen atoms in total. The average Bonchev–Trinajstić information content (AvgIpc) is 2.72. The van der Waals surface area contributed by atoms with Crippen molar-refractivity contribution in [1.29, 1.82) is 0 Å². The highest BCUT2D eigenvalue weighted by Crippen LogP contribution is 2.37. The SMILES string of the molecule is NCC1(c2ccc3c(c2)OCCCO3)OCCCO1. The summed E-state index contributed by atoms with van der Waals surface area (Å²) in [5.74, 6) is 0.660. The molecule has 104 valence electrons. The quantitative estimate of drug-likeness (QED) is 0.875. The molecule has 0 aromatic heterocycles. The molecule has 0 saturated carbocycles. The van der Waals surface area contributed by atoms with E-state index in [9.17, 15) is 0 Å². The van der Waals surface area contributed by atoms with Crippen molar-refractivity contribution in [3.05, 3.63) is 23.8 Å². The van der Waals surface area contributed by atoms with Gasteiger partial charge in [0.2, 0.25) is 5.79 Å². The van der Waals surface area contributed by atoms with Crippen molar-refractivity contribution >= 4 is 0 Å². The Balaban J connectivity index is 1.93. The molecule has 0 radical (unpaired) electrons. The van der Waals surface area contributed by atoms with Gasteiger partial charge < -0.3 is 24.7 Å². The minimum atomic E-state index is -0.844. The van der Waals surface area contributed by atoms with Crippen LogP contribution in [0.1, 0.15) is 18.4 Å². The van der Waals surface area contributed by atoms with Gasteiger partial charge in [-0.3, -0.25) is 0 Å². The number of hydrogen-bond donors (Lipinski definition) is 1. The number of hydrogen-bond acceptors (Lipinski definition) is 5. The Morgan fingerprint density at radius 1 is 0.947 bits per heavy atom. The molecule has 1 aromatic rings. The van der Waals surface area contributed by atoms with Gasteiger partial charge in [0, 0.05) is 12.0 Å². The smallest absolute Gasteiger partial charge is 0.207 e. The first-order valence-corrected chi connectivity index (χ1v) is 6.72. The summed E-state index contributed by atoms with van der Waals surface area (Å²) in [6.45, 7) is 2.94. The van der Waals surface area contributed by atoms with Crippen LogP contribution in [0.2, 0.25) is 0 Å². The third kappa shape index (κ3) is 2.41. The second-order valence-electron chi connectivity index (χ2n) is 4.72. The maximum atomic E-state index is 5.86. The van der Waals surface area contributed by atoms with Crippen molar-refractivity contribution in [3.8, 4) is 11.5 Å². The lowest BCUT2D eigenvalue weighted by Crippen LogP contribution is -2.44. The van der Waals surface area contributed by atoms with E-state index in [1.165, 1.54) is 0 Å². The van der Waals surface area contributed by atoms with Crippen LogP contribution in [0, 0.1) is 0 Å². The van der Waals surface area contributed by atoms with E-state index in [4.69, 9.17) is 24.7 Å². The molecular formula is C14H19NO4. The van der Waals surface area contributed by atoms with Crippen LogP contribution < -0.4 is 15.2 Å². The molecular weight excluding hydrogens is 246 g/mol. The molecule has 19 heavy (non-hydrogen) atoms. The minimum absolute atomic E-state index is 0.284. The molecule has 3 rings (SSSR count). The summed E-state index contributed by atoms with van der Waals surface area (Å²) in [6, 6.07) is 5.75. The zero-order chi connectivity index (χ0) is 13.1. The summed E-state index contributed by atoms with van der Waals surface area (Å²) < 4.78 is 22.9. The zero-order valence-corrected chi connectivity index (χ0v) is 10.9. The van der Waals surface area contributed by atoms with Crippen LogP contribution in [0.5, 0.6) is 11.5 Å². The lowest BCUT2D eigenvalue weighted by molar-refractivity contribution is -0.269. The summed E-state index contributed by atoms with van der Waals surface area (Å²) in [5, 5.41) is 0. The van der Waals surface area contributed by atoms with E-state index in [-0.39, 0.29) is 6.54 Å². The van der Waals surface area contributed by atoms with Gasteiger partial charge in [-0.1, -0.05) is 0 Å². The van der Waals surface area contributed by atoms with Crippen molar-refractivity contribution in [2.24, 2.45) is 5.73 Å². The Bertz CT molecular complexity index is 443. The molecule has 0 bridgehead atoms. The summed E-state index contributed by atoms with van der Waals surface area (Å²) in [5.41, 5.74) is 6.74. The summed E-state index contributed by atoms with van der Waals surface area (Å²) >= 11 is 0. The maximum absolute atomic E-state index is 5.86. The second kappa shape index (κ2) is 5.36. The highest BCUT2D eigenvalue weighted by molar-refractivity contribution is 5.44. The van der Waals surface area contributed by atoms with Crippen LogP contribution in [0.3, 0.4) is 0 Å². The van der Waals surface area contributed by atoms with Gasteiger partial charge in [0.1, 0.15) is 0 Å². The summed E-state index contributed by atoms with van der Waals surface area (Å²) in [7, 11) is 0. The molecule has 0 unspecified atom stereocenters. The van der Waals surface area contributed by atoms with E-state index in [2.05, 4.69) is 0 Å². The number of ether oxygens (including phenoxy) is 4. The van der Waals surface area contributed by atoms with Crippen LogP contribution in [0.25, 0.3) is 0 Å². The van der Waals surface area contributed by atoms with Crippen LogP contribution in [-0.4, -0.2) is 33.0 Å². The molecule has 2 aliphatic heterocycles. The van der Waals surface area contributed by atoms with Crippen molar-refractivity contribution < 1.29 is 18.9 Å². The number of benzene rings is 1. The van der Waals surface area contributed by atoms with E-state index in [1.54, 1.807) is 0 Å². The molecule has 1 aromatic carbocycles. The van der Waals surface area contributed by atoms with Gasteiger partial charge in [0.15, 0.2) is 11.5 Å². The van der Waals surface area contributed by atoms with Gasteiger partial charge in [-0.25, -0.2) is 0 Å². The Morgan fingerprint density at radius 3 is 2.37 bits per heavy atom. The third-order valence-corrected chi connectivity index (χ3v) is 3.42. The van der Waals surface area contributed by atoms with Crippen LogP contribution in [-0.2, 0) is 15.3 Å². The molecule has 0 atom stereocenters. The molecule has 2 N–H and O–H groups in total. The Morgan fingerprint density at radius 2 is 1.63 bits per heavy atom. The first kappa shape index (κ1) is 12.7.